The predicted octanol–water partition coefficient (Wildman–Crippen LogP) is 0.552. The Morgan fingerprint density at radius 2 is 2.12 bits per heavy atom. The molecular formula is C16H31IN4O3S. The van der Waals surface area contributed by atoms with Crippen LogP contribution in [0.3, 0.4) is 0 Å². The lowest BCUT2D eigenvalue weighted by atomic mass is 10.2. The van der Waals surface area contributed by atoms with E-state index in [2.05, 4.69) is 15.2 Å². The summed E-state index contributed by atoms with van der Waals surface area (Å²) in [7, 11) is -1.29. The highest BCUT2D eigenvalue weighted by atomic mass is 127. The molecule has 0 aliphatic carbocycles. The van der Waals surface area contributed by atoms with Crippen molar-refractivity contribution in [2.24, 2.45) is 4.99 Å². The third-order valence-corrected chi connectivity index (χ3v) is 8.04. The number of hydrogen-bond acceptors (Lipinski definition) is 5. The van der Waals surface area contributed by atoms with Crippen molar-refractivity contribution in [1.82, 2.24) is 15.1 Å². The number of nitrogens with zero attached hydrogens (tertiary/aromatic N) is 3. The molecule has 0 amide bonds. The van der Waals surface area contributed by atoms with E-state index in [0.717, 1.165) is 19.1 Å². The van der Waals surface area contributed by atoms with Gasteiger partial charge in [-0.15, -0.1) is 24.0 Å². The molecule has 1 N–H and O–H groups in total. The van der Waals surface area contributed by atoms with Crippen LogP contribution in [0.1, 0.15) is 26.7 Å². The Bertz CT molecular complexity index is 596. The Morgan fingerprint density at radius 3 is 2.80 bits per heavy atom. The number of aliphatic imine (C=N–C) groups is 1. The maximum Gasteiger partial charge on any atom is 0.193 e. The number of halogens is 1. The molecule has 2 unspecified atom stereocenters. The lowest BCUT2D eigenvalue weighted by Gasteiger charge is -2.40. The molecule has 3 aliphatic rings. The lowest BCUT2D eigenvalue weighted by molar-refractivity contribution is -0.0454. The van der Waals surface area contributed by atoms with E-state index in [1.54, 1.807) is 20.9 Å². The minimum Gasteiger partial charge on any atom is -0.373 e. The van der Waals surface area contributed by atoms with Crippen LogP contribution in [0.5, 0.6) is 0 Å². The molecule has 7 nitrogen and oxygen atoms in total. The standard InChI is InChI=1S/C16H30N4O3S.HI/c1-16(2)12-20(7-8-24(16,21)22)15(17-3)18-9-14-10-19-6-4-5-13(19)11-23-14;/h13-14H,4-12H2,1-3H3,(H,17,18);1H. The SMILES string of the molecule is CN=C(NCC1CN2CCCC2CO1)N1CCS(=O)(=O)C(C)(C)C1.I. The molecule has 9 heteroatoms. The number of fused-ring (bicyclic) bond motifs is 1. The molecule has 3 saturated heterocycles. The van der Waals surface area contributed by atoms with Crippen LogP contribution in [0, 0.1) is 0 Å². The minimum absolute atomic E-state index is 0. The Kier molecular flexibility index (Phi) is 7.00. The second-order valence-electron chi connectivity index (χ2n) is 7.67. The van der Waals surface area contributed by atoms with Gasteiger partial charge in [0.25, 0.3) is 0 Å². The summed E-state index contributed by atoms with van der Waals surface area (Å²) in [5, 5.41) is 3.38. The molecule has 0 aromatic rings. The topological polar surface area (TPSA) is 74.2 Å². The van der Waals surface area contributed by atoms with Crippen LogP contribution in [0.2, 0.25) is 0 Å². The molecule has 3 aliphatic heterocycles. The lowest BCUT2D eigenvalue weighted by Crippen LogP contribution is -2.58. The third kappa shape index (κ3) is 4.59. The number of sulfone groups is 1. The van der Waals surface area contributed by atoms with E-state index in [4.69, 9.17) is 4.74 Å². The van der Waals surface area contributed by atoms with E-state index in [-0.39, 0.29) is 35.8 Å². The van der Waals surface area contributed by atoms with Crippen molar-refractivity contribution >= 4 is 39.8 Å². The molecular weight excluding hydrogens is 455 g/mol. The van der Waals surface area contributed by atoms with Gasteiger partial charge in [-0.3, -0.25) is 9.89 Å². The van der Waals surface area contributed by atoms with Crippen molar-refractivity contribution < 1.29 is 13.2 Å². The Morgan fingerprint density at radius 1 is 1.36 bits per heavy atom. The largest absolute Gasteiger partial charge is 0.373 e. The van der Waals surface area contributed by atoms with Gasteiger partial charge in [-0.05, 0) is 33.2 Å². The molecule has 0 bridgehead atoms. The monoisotopic (exact) mass is 486 g/mol. The summed E-state index contributed by atoms with van der Waals surface area (Å²) < 4.78 is 29.5. The van der Waals surface area contributed by atoms with Crippen LogP contribution in [-0.4, -0.2) is 93.2 Å². The third-order valence-electron chi connectivity index (χ3n) is 5.50. The zero-order valence-corrected chi connectivity index (χ0v) is 18.5. The van der Waals surface area contributed by atoms with Crippen LogP contribution >= 0.6 is 24.0 Å². The number of rotatable bonds is 2. The summed E-state index contributed by atoms with van der Waals surface area (Å²) in [5.74, 6) is 0.945. The van der Waals surface area contributed by atoms with E-state index in [1.807, 2.05) is 4.90 Å². The quantitative estimate of drug-likeness (QED) is 0.349. The Hall–Kier alpha value is -0.130. The molecule has 0 aromatic heterocycles. The smallest absolute Gasteiger partial charge is 0.193 e. The van der Waals surface area contributed by atoms with Gasteiger partial charge in [-0.2, -0.15) is 0 Å². The summed E-state index contributed by atoms with van der Waals surface area (Å²) in [4.78, 5) is 8.91. The first-order chi connectivity index (χ1) is 11.3. The summed E-state index contributed by atoms with van der Waals surface area (Å²) in [6.07, 6.45) is 2.68. The van der Waals surface area contributed by atoms with Crippen LogP contribution in [0.4, 0.5) is 0 Å². The van der Waals surface area contributed by atoms with E-state index in [0.29, 0.717) is 25.7 Å². The van der Waals surface area contributed by atoms with Crippen molar-refractivity contribution in [2.75, 3.05) is 52.1 Å². The van der Waals surface area contributed by atoms with E-state index < -0.39 is 14.6 Å². The van der Waals surface area contributed by atoms with Crippen LogP contribution in [0.25, 0.3) is 0 Å². The summed E-state index contributed by atoms with van der Waals surface area (Å²) in [5.41, 5.74) is 0. The first kappa shape index (κ1) is 21.2. The summed E-state index contributed by atoms with van der Waals surface area (Å²) in [6, 6.07) is 0.605. The maximum atomic E-state index is 12.2. The number of ether oxygens (including phenoxy) is 1. The first-order valence-corrected chi connectivity index (χ1v) is 10.5. The average molecular weight is 486 g/mol. The number of morpholine rings is 1. The number of nitrogens with one attached hydrogen (secondary N) is 1. The fraction of sp³-hybridized carbons (Fsp3) is 0.938. The van der Waals surface area contributed by atoms with Gasteiger partial charge in [-0.1, -0.05) is 0 Å². The molecule has 146 valence electrons. The Balaban J connectivity index is 0.00000225. The molecule has 3 heterocycles. The summed E-state index contributed by atoms with van der Waals surface area (Å²) >= 11 is 0. The van der Waals surface area contributed by atoms with Gasteiger partial charge in [0, 0.05) is 39.3 Å². The van der Waals surface area contributed by atoms with Crippen molar-refractivity contribution in [2.45, 2.75) is 43.6 Å². The van der Waals surface area contributed by atoms with Gasteiger partial charge in [0.2, 0.25) is 0 Å². The molecule has 3 fully saturated rings. The predicted molar refractivity (Wildman–Crippen MR) is 111 cm³/mol. The average Bonchev–Trinajstić information content (AvgIpc) is 2.99. The first-order valence-electron chi connectivity index (χ1n) is 8.86. The molecule has 0 radical (unpaired) electrons. The van der Waals surface area contributed by atoms with Crippen LogP contribution in [-0.2, 0) is 14.6 Å². The van der Waals surface area contributed by atoms with Gasteiger partial charge in [0.15, 0.2) is 15.8 Å². The molecule has 3 rings (SSSR count). The maximum absolute atomic E-state index is 12.2. The van der Waals surface area contributed by atoms with Gasteiger partial charge in [0.05, 0.1) is 23.2 Å². The molecule has 2 atom stereocenters. The highest BCUT2D eigenvalue weighted by Gasteiger charge is 2.41. The number of hydrogen-bond donors (Lipinski definition) is 1. The van der Waals surface area contributed by atoms with Gasteiger partial charge >= 0.3 is 0 Å². The van der Waals surface area contributed by atoms with Crippen molar-refractivity contribution in [3.05, 3.63) is 0 Å². The number of guanidine groups is 1. The second kappa shape index (κ2) is 8.26. The van der Waals surface area contributed by atoms with E-state index >= 15 is 0 Å². The fourth-order valence-corrected chi connectivity index (χ4v) is 5.24. The van der Waals surface area contributed by atoms with E-state index in [9.17, 15) is 8.42 Å². The normalized spacial score (nSPS) is 32.0. The molecule has 0 saturated carbocycles. The van der Waals surface area contributed by atoms with Crippen molar-refractivity contribution in [3.8, 4) is 0 Å². The van der Waals surface area contributed by atoms with Crippen LogP contribution < -0.4 is 5.32 Å². The van der Waals surface area contributed by atoms with Gasteiger partial charge in [0.1, 0.15) is 0 Å². The molecule has 0 spiro atoms. The zero-order chi connectivity index (χ0) is 17.4. The van der Waals surface area contributed by atoms with Crippen molar-refractivity contribution in [3.63, 3.8) is 0 Å². The van der Waals surface area contributed by atoms with Gasteiger partial charge < -0.3 is 15.0 Å². The Labute approximate surface area is 168 Å². The highest BCUT2D eigenvalue weighted by Crippen LogP contribution is 2.24. The highest BCUT2D eigenvalue weighted by molar-refractivity contribution is 14.0. The fourth-order valence-electron chi connectivity index (χ4n) is 3.87. The van der Waals surface area contributed by atoms with Crippen LogP contribution in [0.15, 0.2) is 4.99 Å². The second-order valence-corrected chi connectivity index (χ2v) is 10.4. The summed E-state index contributed by atoms with van der Waals surface area (Å²) in [6.45, 7) is 8.21. The van der Waals surface area contributed by atoms with Crippen molar-refractivity contribution in [1.29, 1.82) is 0 Å². The molecule has 0 aromatic carbocycles. The minimum atomic E-state index is -3.04. The zero-order valence-electron chi connectivity index (χ0n) is 15.4. The molecule has 25 heavy (non-hydrogen) atoms. The van der Waals surface area contributed by atoms with Gasteiger partial charge in [-0.25, -0.2) is 8.42 Å². The van der Waals surface area contributed by atoms with E-state index in [1.165, 1.54) is 19.4 Å².